The van der Waals surface area contributed by atoms with Gasteiger partial charge in [-0.25, -0.2) is 8.42 Å². The molecule has 5 heteroatoms. The van der Waals surface area contributed by atoms with Gasteiger partial charge in [0.1, 0.15) is 0 Å². The van der Waals surface area contributed by atoms with Gasteiger partial charge in [-0.2, -0.15) is 5.26 Å². The minimum atomic E-state index is -3.14. The van der Waals surface area contributed by atoms with E-state index in [0.29, 0.717) is 16.1 Å². The summed E-state index contributed by atoms with van der Waals surface area (Å²) >= 11 is 1.72. The number of nitrogens with zero attached hydrogens (tertiary/aromatic N) is 1. The minimum Gasteiger partial charge on any atom is -0.224 e. The molecule has 0 N–H and O–H groups in total. The second-order valence-corrected chi connectivity index (χ2v) is 9.05. The Hall–Kier alpha value is -0.990. The molecule has 0 heterocycles. The summed E-state index contributed by atoms with van der Waals surface area (Å²) < 4.78 is 22.9. The van der Waals surface area contributed by atoms with Crippen molar-refractivity contribution in [3.63, 3.8) is 0 Å². The van der Waals surface area contributed by atoms with Gasteiger partial charge in [-0.15, -0.1) is 11.8 Å². The van der Waals surface area contributed by atoms with Crippen molar-refractivity contribution in [1.82, 2.24) is 0 Å². The Morgan fingerprint density at radius 3 is 2.48 bits per heavy atom. The van der Waals surface area contributed by atoms with Crippen molar-refractivity contribution in [3.05, 3.63) is 24.3 Å². The van der Waals surface area contributed by atoms with Gasteiger partial charge < -0.3 is 0 Å². The van der Waals surface area contributed by atoms with E-state index in [-0.39, 0.29) is 5.92 Å². The van der Waals surface area contributed by atoms with E-state index >= 15 is 0 Å². The van der Waals surface area contributed by atoms with E-state index in [1.165, 1.54) is 12.7 Å². The van der Waals surface area contributed by atoms with Crippen molar-refractivity contribution in [2.24, 2.45) is 11.8 Å². The Morgan fingerprint density at radius 2 is 1.95 bits per heavy atom. The van der Waals surface area contributed by atoms with Crippen molar-refractivity contribution < 1.29 is 8.42 Å². The highest BCUT2D eigenvalue weighted by Gasteiger charge is 2.30. The summed E-state index contributed by atoms with van der Waals surface area (Å²) in [7, 11) is -3.14. The molecule has 1 fully saturated rings. The number of benzene rings is 1. The molecule has 3 atom stereocenters. The summed E-state index contributed by atoms with van der Waals surface area (Å²) in [5, 5.41) is 9.62. The van der Waals surface area contributed by atoms with Gasteiger partial charge in [0, 0.05) is 16.4 Å². The second-order valence-electron chi connectivity index (χ2n) is 5.72. The lowest BCUT2D eigenvalue weighted by atomic mass is 9.81. The van der Waals surface area contributed by atoms with Crippen molar-refractivity contribution >= 4 is 21.6 Å². The van der Waals surface area contributed by atoms with E-state index in [0.717, 1.165) is 24.2 Å². The molecule has 21 heavy (non-hydrogen) atoms. The van der Waals surface area contributed by atoms with Crippen LogP contribution in [0.3, 0.4) is 0 Å². The van der Waals surface area contributed by atoms with Gasteiger partial charge in [0.2, 0.25) is 0 Å². The van der Waals surface area contributed by atoms with Gasteiger partial charge in [0.25, 0.3) is 0 Å². The molecule has 1 aliphatic rings. The first-order valence-corrected chi connectivity index (χ1v) is 10.1. The molecule has 0 bridgehead atoms. The first kappa shape index (κ1) is 16.4. The summed E-state index contributed by atoms with van der Waals surface area (Å²) in [5.74, 6) is 0.815. The van der Waals surface area contributed by atoms with Crippen LogP contribution in [0.2, 0.25) is 0 Å². The summed E-state index contributed by atoms with van der Waals surface area (Å²) in [6.45, 7) is 2.21. The Balaban J connectivity index is 2.10. The van der Waals surface area contributed by atoms with E-state index in [9.17, 15) is 13.7 Å². The lowest BCUT2D eigenvalue weighted by Gasteiger charge is -2.31. The maximum atomic E-state index is 11.5. The average molecular weight is 323 g/mol. The van der Waals surface area contributed by atoms with E-state index in [1.54, 1.807) is 23.9 Å². The van der Waals surface area contributed by atoms with Gasteiger partial charge in [0.05, 0.1) is 16.9 Å². The molecule has 0 radical (unpaired) electrons. The molecule has 1 aliphatic carbocycles. The van der Waals surface area contributed by atoms with Crippen LogP contribution in [0.4, 0.5) is 0 Å². The van der Waals surface area contributed by atoms with E-state index in [4.69, 9.17) is 0 Å². The molecule has 1 aromatic carbocycles. The van der Waals surface area contributed by atoms with Crippen molar-refractivity contribution in [1.29, 1.82) is 5.26 Å². The average Bonchev–Trinajstić information content (AvgIpc) is 2.46. The maximum absolute atomic E-state index is 11.5. The zero-order valence-corrected chi connectivity index (χ0v) is 14.1. The first-order chi connectivity index (χ1) is 9.94. The fourth-order valence-corrected chi connectivity index (χ4v) is 4.80. The largest absolute Gasteiger partial charge is 0.224 e. The molecular weight excluding hydrogens is 302 g/mol. The number of rotatable bonds is 4. The lowest BCUT2D eigenvalue weighted by Crippen LogP contribution is -2.25. The zero-order chi connectivity index (χ0) is 15.5. The number of nitriles is 1. The lowest BCUT2D eigenvalue weighted by molar-refractivity contribution is 0.317. The standard InChI is InChI=1S/C16H21NO2S2/c1-3-12-4-5-13(11-17)16(10-12)20-14-6-8-15(9-7-14)21(2,18)19/h6-9,12-13,16H,3-5,10H2,1-2H3. The normalized spacial score (nSPS) is 26.2. The number of sulfone groups is 1. The highest BCUT2D eigenvalue weighted by molar-refractivity contribution is 8.00. The Bertz CT molecular complexity index is 617. The van der Waals surface area contributed by atoms with E-state index in [1.807, 2.05) is 12.1 Å². The number of hydrogen-bond donors (Lipinski definition) is 0. The Morgan fingerprint density at radius 1 is 1.29 bits per heavy atom. The molecule has 3 unspecified atom stereocenters. The predicted molar refractivity (Wildman–Crippen MR) is 85.9 cm³/mol. The fourth-order valence-electron chi connectivity index (χ4n) is 2.80. The van der Waals surface area contributed by atoms with Crippen LogP contribution >= 0.6 is 11.8 Å². The van der Waals surface area contributed by atoms with Gasteiger partial charge in [-0.3, -0.25) is 0 Å². The van der Waals surface area contributed by atoms with Crippen LogP contribution in [0.25, 0.3) is 0 Å². The van der Waals surface area contributed by atoms with Gasteiger partial charge in [-0.1, -0.05) is 13.3 Å². The van der Waals surface area contributed by atoms with Crippen LogP contribution in [0.5, 0.6) is 0 Å². The third-order valence-electron chi connectivity index (χ3n) is 4.18. The molecule has 1 aromatic rings. The first-order valence-electron chi connectivity index (χ1n) is 7.30. The van der Waals surface area contributed by atoms with Gasteiger partial charge >= 0.3 is 0 Å². The van der Waals surface area contributed by atoms with Crippen molar-refractivity contribution in [2.45, 2.75) is 47.6 Å². The Labute approximate surface area is 131 Å². The Kier molecular flexibility index (Phi) is 5.34. The minimum absolute atomic E-state index is 0.104. The quantitative estimate of drug-likeness (QED) is 0.843. The highest BCUT2D eigenvalue weighted by Crippen LogP contribution is 2.40. The second kappa shape index (κ2) is 6.85. The molecule has 3 nitrogen and oxygen atoms in total. The highest BCUT2D eigenvalue weighted by atomic mass is 32.2. The molecular formula is C16H21NO2S2. The summed E-state index contributed by atoms with van der Waals surface area (Å²) in [6.07, 6.45) is 5.59. The van der Waals surface area contributed by atoms with Crippen molar-refractivity contribution in [2.75, 3.05) is 6.26 Å². The zero-order valence-electron chi connectivity index (χ0n) is 12.5. The monoisotopic (exact) mass is 323 g/mol. The van der Waals surface area contributed by atoms with Crippen LogP contribution in [0.1, 0.15) is 32.6 Å². The summed E-state index contributed by atoms with van der Waals surface area (Å²) in [5.41, 5.74) is 0. The van der Waals surface area contributed by atoms with E-state index < -0.39 is 9.84 Å². The van der Waals surface area contributed by atoms with E-state index in [2.05, 4.69) is 13.0 Å². The molecule has 0 saturated heterocycles. The molecule has 2 rings (SSSR count). The van der Waals surface area contributed by atoms with Crippen LogP contribution in [0.15, 0.2) is 34.1 Å². The number of hydrogen-bond acceptors (Lipinski definition) is 4. The van der Waals surface area contributed by atoms with Crippen molar-refractivity contribution in [3.8, 4) is 6.07 Å². The van der Waals surface area contributed by atoms with Gasteiger partial charge in [-0.05, 0) is 49.4 Å². The fraction of sp³-hybridized carbons (Fsp3) is 0.562. The number of thioether (sulfide) groups is 1. The van der Waals surface area contributed by atoms with Crippen LogP contribution in [-0.4, -0.2) is 19.9 Å². The summed E-state index contributed by atoms with van der Waals surface area (Å²) in [6, 6.07) is 9.45. The third kappa shape index (κ3) is 4.24. The predicted octanol–water partition coefficient (Wildman–Crippen LogP) is 3.90. The summed E-state index contributed by atoms with van der Waals surface area (Å²) in [4.78, 5) is 1.39. The van der Waals surface area contributed by atoms with Crippen LogP contribution in [-0.2, 0) is 9.84 Å². The molecule has 0 amide bonds. The van der Waals surface area contributed by atoms with Crippen LogP contribution < -0.4 is 0 Å². The third-order valence-corrected chi connectivity index (χ3v) is 6.68. The molecule has 1 saturated carbocycles. The van der Waals surface area contributed by atoms with Crippen LogP contribution in [0, 0.1) is 23.2 Å². The SMILES string of the molecule is CCC1CCC(C#N)C(Sc2ccc(S(C)(=O)=O)cc2)C1. The van der Waals surface area contributed by atoms with Gasteiger partial charge in [0.15, 0.2) is 9.84 Å². The maximum Gasteiger partial charge on any atom is 0.175 e. The smallest absolute Gasteiger partial charge is 0.175 e. The molecule has 0 aliphatic heterocycles. The topological polar surface area (TPSA) is 57.9 Å². The molecule has 0 aromatic heterocycles. The molecule has 114 valence electrons. The molecule has 0 spiro atoms.